The molecule has 0 spiro atoms. The molecule has 21 heavy (non-hydrogen) atoms. The van der Waals surface area contributed by atoms with Crippen molar-refractivity contribution in [3.63, 3.8) is 0 Å². The Balaban J connectivity index is 3.20. The van der Waals surface area contributed by atoms with Crippen molar-refractivity contribution in [2.45, 2.75) is 25.7 Å². The Labute approximate surface area is 127 Å². The highest BCUT2D eigenvalue weighted by molar-refractivity contribution is 5.56. The lowest BCUT2D eigenvalue weighted by Crippen LogP contribution is -2.25. The van der Waals surface area contributed by atoms with E-state index in [1.165, 1.54) is 0 Å². The standard InChI is InChI=1S/C16H28N2O3/c1-5-12(8-11(9-17)10-18)13-6-7-14(19-2)16(21-4)15(13)20-3/h6-7,11-12H,5,8-10,17-18H2,1-4H3. The highest BCUT2D eigenvalue weighted by Crippen LogP contribution is 2.44. The Morgan fingerprint density at radius 2 is 1.57 bits per heavy atom. The molecule has 0 aliphatic heterocycles. The molecule has 1 atom stereocenters. The molecule has 1 aromatic rings. The minimum Gasteiger partial charge on any atom is -0.493 e. The predicted molar refractivity (Wildman–Crippen MR) is 85.3 cm³/mol. The second kappa shape index (κ2) is 8.74. The number of nitrogens with two attached hydrogens (primary N) is 2. The topological polar surface area (TPSA) is 79.7 Å². The smallest absolute Gasteiger partial charge is 0.203 e. The van der Waals surface area contributed by atoms with Crippen molar-refractivity contribution in [1.82, 2.24) is 0 Å². The fourth-order valence-electron chi connectivity index (χ4n) is 2.65. The zero-order valence-electron chi connectivity index (χ0n) is 13.5. The molecule has 4 N–H and O–H groups in total. The first-order valence-corrected chi connectivity index (χ1v) is 7.35. The van der Waals surface area contributed by atoms with E-state index in [1.54, 1.807) is 21.3 Å². The predicted octanol–water partition coefficient (Wildman–Crippen LogP) is 2.13. The number of methoxy groups -OCH3 is 3. The molecule has 0 heterocycles. The van der Waals surface area contributed by atoms with Gasteiger partial charge in [0.2, 0.25) is 5.75 Å². The van der Waals surface area contributed by atoms with Crippen LogP contribution in [0.15, 0.2) is 12.1 Å². The van der Waals surface area contributed by atoms with E-state index in [-0.39, 0.29) is 0 Å². The summed E-state index contributed by atoms with van der Waals surface area (Å²) in [6, 6.07) is 3.96. The van der Waals surface area contributed by atoms with E-state index in [1.807, 2.05) is 12.1 Å². The van der Waals surface area contributed by atoms with E-state index in [2.05, 4.69) is 6.92 Å². The van der Waals surface area contributed by atoms with Crippen molar-refractivity contribution in [1.29, 1.82) is 0 Å². The van der Waals surface area contributed by atoms with Crippen LogP contribution in [-0.4, -0.2) is 34.4 Å². The van der Waals surface area contributed by atoms with E-state index in [9.17, 15) is 0 Å². The maximum atomic E-state index is 5.78. The van der Waals surface area contributed by atoms with Gasteiger partial charge >= 0.3 is 0 Å². The number of hydrogen-bond donors (Lipinski definition) is 2. The molecule has 1 rings (SSSR count). The monoisotopic (exact) mass is 296 g/mol. The van der Waals surface area contributed by atoms with Crippen LogP contribution in [0.4, 0.5) is 0 Å². The molecule has 5 heteroatoms. The van der Waals surface area contributed by atoms with Gasteiger partial charge in [-0.05, 0) is 43.8 Å². The third kappa shape index (κ3) is 4.02. The Bertz CT molecular complexity index is 434. The summed E-state index contributed by atoms with van der Waals surface area (Å²) in [4.78, 5) is 0. The molecule has 0 aromatic heterocycles. The van der Waals surface area contributed by atoms with Crippen molar-refractivity contribution in [3.8, 4) is 17.2 Å². The molecular formula is C16H28N2O3. The summed E-state index contributed by atoms with van der Waals surface area (Å²) in [5.41, 5.74) is 12.7. The maximum absolute atomic E-state index is 5.78. The average molecular weight is 296 g/mol. The lowest BCUT2D eigenvalue weighted by Gasteiger charge is -2.24. The van der Waals surface area contributed by atoms with Gasteiger partial charge < -0.3 is 25.7 Å². The lowest BCUT2D eigenvalue weighted by molar-refractivity contribution is 0.318. The summed E-state index contributed by atoms with van der Waals surface area (Å²) >= 11 is 0. The normalized spacial score (nSPS) is 12.3. The van der Waals surface area contributed by atoms with Crippen LogP contribution in [0, 0.1) is 5.92 Å². The van der Waals surface area contributed by atoms with Crippen molar-refractivity contribution in [3.05, 3.63) is 17.7 Å². The molecule has 0 bridgehead atoms. The number of hydrogen-bond acceptors (Lipinski definition) is 5. The maximum Gasteiger partial charge on any atom is 0.203 e. The fourth-order valence-corrected chi connectivity index (χ4v) is 2.65. The van der Waals surface area contributed by atoms with Crippen LogP contribution in [0.5, 0.6) is 17.2 Å². The van der Waals surface area contributed by atoms with Gasteiger partial charge in [0.25, 0.3) is 0 Å². The van der Waals surface area contributed by atoms with Gasteiger partial charge in [-0.3, -0.25) is 0 Å². The van der Waals surface area contributed by atoms with Crippen LogP contribution in [0.25, 0.3) is 0 Å². The van der Waals surface area contributed by atoms with E-state index < -0.39 is 0 Å². The first-order chi connectivity index (χ1) is 10.2. The van der Waals surface area contributed by atoms with Crippen LogP contribution in [-0.2, 0) is 0 Å². The third-order valence-corrected chi connectivity index (χ3v) is 3.95. The highest BCUT2D eigenvalue weighted by Gasteiger charge is 2.23. The molecule has 0 aliphatic rings. The Morgan fingerprint density at radius 3 is 2.00 bits per heavy atom. The first kappa shape index (κ1) is 17.6. The van der Waals surface area contributed by atoms with E-state index in [4.69, 9.17) is 25.7 Å². The summed E-state index contributed by atoms with van der Waals surface area (Å²) in [7, 11) is 4.89. The molecule has 0 radical (unpaired) electrons. The summed E-state index contributed by atoms with van der Waals surface area (Å²) in [6.07, 6.45) is 1.93. The zero-order chi connectivity index (χ0) is 15.8. The molecular weight excluding hydrogens is 268 g/mol. The molecule has 5 nitrogen and oxygen atoms in total. The van der Waals surface area contributed by atoms with Gasteiger partial charge in [-0.1, -0.05) is 13.0 Å². The van der Waals surface area contributed by atoms with Gasteiger partial charge in [0, 0.05) is 5.56 Å². The van der Waals surface area contributed by atoms with E-state index >= 15 is 0 Å². The third-order valence-electron chi connectivity index (χ3n) is 3.95. The van der Waals surface area contributed by atoms with Crippen molar-refractivity contribution < 1.29 is 14.2 Å². The van der Waals surface area contributed by atoms with Gasteiger partial charge in [-0.2, -0.15) is 0 Å². The fraction of sp³-hybridized carbons (Fsp3) is 0.625. The van der Waals surface area contributed by atoms with Crippen LogP contribution < -0.4 is 25.7 Å². The minimum atomic E-state index is 0.313. The second-order valence-corrected chi connectivity index (χ2v) is 5.10. The summed E-state index contributed by atoms with van der Waals surface area (Å²) in [5.74, 6) is 2.68. The molecule has 0 saturated carbocycles. The summed E-state index contributed by atoms with van der Waals surface area (Å²) in [5, 5.41) is 0. The zero-order valence-corrected chi connectivity index (χ0v) is 13.5. The first-order valence-electron chi connectivity index (χ1n) is 7.35. The Kier molecular flexibility index (Phi) is 7.32. The lowest BCUT2D eigenvalue weighted by atomic mass is 9.86. The molecule has 0 fully saturated rings. The molecule has 0 amide bonds. The van der Waals surface area contributed by atoms with Crippen LogP contribution >= 0.6 is 0 Å². The summed E-state index contributed by atoms with van der Waals surface area (Å²) in [6.45, 7) is 3.36. The van der Waals surface area contributed by atoms with Crippen molar-refractivity contribution in [2.24, 2.45) is 17.4 Å². The average Bonchev–Trinajstić information content (AvgIpc) is 2.54. The van der Waals surface area contributed by atoms with Gasteiger partial charge in [0.1, 0.15) is 0 Å². The highest BCUT2D eigenvalue weighted by atomic mass is 16.5. The number of rotatable bonds is 9. The quantitative estimate of drug-likeness (QED) is 0.729. The van der Waals surface area contributed by atoms with Crippen LogP contribution in [0.1, 0.15) is 31.2 Å². The van der Waals surface area contributed by atoms with Gasteiger partial charge in [0.05, 0.1) is 21.3 Å². The van der Waals surface area contributed by atoms with Gasteiger partial charge in [-0.25, -0.2) is 0 Å². The minimum absolute atomic E-state index is 0.313. The molecule has 0 saturated heterocycles. The van der Waals surface area contributed by atoms with Gasteiger partial charge in [0.15, 0.2) is 11.5 Å². The van der Waals surface area contributed by atoms with Crippen molar-refractivity contribution >= 4 is 0 Å². The Morgan fingerprint density at radius 1 is 0.952 bits per heavy atom. The SMILES string of the molecule is CCC(CC(CN)CN)c1ccc(OC)c(OC)c1OC. The number of ether oxygens (including phenoxy) is 3. The van der Waals surface area contributed by atoms with Crippen molar-refractivity contribution in [2.75, 3.05) is 34.4 Å². The molecule has 0 aliphatic carbocycles. The molecule has 1 aromatic carbocycles. The largest absolute Gasteiger partial charge is 0.493 e. The molecule has 120 valence electrons. The van der Waals surface area contributed by atoms with Gasteiger partial charge in [-0.15, -0.1) is 0 Å². The van der Waals surface area contributed by atoms with E-state index in [0.29, 0.717) is 36.4 Å². The van der Waals surface area contributed by atoms with Crippen LogP contribution in [0.3, 0.4) is 0 Å². The number of benzene rings is 1. The second-order valence-electron chi connectivity index (χ2n) is 5.10. The Hall–Kier alpha value is -1.46. The van der Waals surface area contributed by atoms with Crippen LogP contribution in [0.2, 0.25) is 0 Å². The molecule has 1 unspecified atom stereocenters. The summed E-state index contributed by atoms with van der Waals surface area (Å²) < 4.78 is 16.4. The van der Waals surface area contributed by atoms with E-state index in [0.717, 1.165) is 24.2 Å².